The number of hydrogen-bond acceptors (Lipinski definition) is 3. The van der Waals surface area contributed by atoms with E-state index in [1.165, 1.54) is 0 Å². The first kappa shape index (κ1) is 9.90. The largest absolute Gasteiger partial charge is 0.441 e. The molecule has 0 atom stereocenters. The third-order valence-electron chi connectivity index (χ3n) is 2.17. The molecule has 2 aromatic rings. The highest BCUT2D eigenvalue weighted by atomic mass is 16.3. The predicted octanol–water partition coefficient (Wildman–Crippen LogP) is 2.84. The summed E-state index contributed by atoms with van der Waals surface area (Å²) >= 11 is 0. The van der Waals surface area contributed by atoms with Gasteiger partial charge in [0.25, 0.3) is 0 Å². The lowest BCUT2D eigenvalue weighted by Gasteiger charge is -1.96. The van der Waals surface area contributed by atoms with Crippen LogP contribution in [0.25, 0.3) is 11.1 Å². The number of carbonyl (C=O) groups excluding carboxylic acids is 1. The van der Waals surface area contributed by atoms with Gasteiger partial charge in [-0.3, -0.25) is 4.79 Å². The van der Waals surface area contributed by atoms with Crippen LogP contribution in [0.1, 0.15) is 30.1 Å². The maximum atomic E-state index is 10.6. The van der Waals surface area contributed by atoms with E-state index >= 15 is 0 Å². The van der Waals surface area contributed by atoms with Crippen LogP contribution < -0.4 is 0 Å². The molecular formula is C12H13NO2. The molecule has 1 heterocycles. The average molecular weight is 203 g/mol. The Bertz CT molecular complexity index is 485. The summed E-state index contributed by atoms with van der Waals surface area (Å²) in [7, 11) is 0. The first-order chi connectivity index (χ1) is 7.19. The summed E-state index contributed by atoms with van der Waals surface area (Å²) in [6, 6.07) is 5.27. The molecule has 0 bridgehead atoms. The van der Waals surface area contributed by atoms with Crippen molar-refractivity contribution in [3.63, 3.8) is 0 Å². The third-order valence-corrected chi connectivity index (χ3v) is 2.17. The normalized spacial score (nSPS) is 11.1. The Labute approximate surface area is 88.1 Å². The van der Waals surface area contributed by atoms with Crippen LogP contribution in [-0.4, -0.2) is 11.3 Å². The summed E-state index contributed by atoms with van der Waals surface area (Å²) in [6.45, 7) is 4.23. The smallest absolute Gasteiger partial charge is 0.195 e. The first-order valence-corrected chi connectivity index (χ1v) is 5.03. The van der Waals surface area contributed by atoms with Gasteiger partial charge >= 0.3 is 0 Å². The molecule has 3 heteroatoms. The molecular weight excluding hydrogens is 190 g/mol. The van der Waals surface area contributed by atoms with E-state index in [4.69, 9.17) is 4.42 Å². The number of oxazole rings is 1. The molecule has 1 aromatic carbocycles. The average Bonchev–Trinajstić information content (AvgIpc) is 2.57. The van der Waals surface area contributed by atoms with Crippen molar-refractivity contribution >= 4 is 17.4 Å². The number of hydrogen-bond donors (Lipinski definition) is 0. The molecule has 0 unspecified atom stereocenters. The van der Waals surface area contributed by atoms with Crippen LogP contribution in [0.3, 0.4) is 0 Å². The summed E-state index contributed by atoms with van der Waals surface area (Å²) in [5.41, 5.74) is 2.14. The third kappa shape index (κ3) is 2.06. The van der Waals surface area contributed by atoms with E-state index in [-0.39, 0.29) is 0 Å². The molecule has 0 fully saturated rings. The van der Waals surface area contributed by atoms with Crippen molar-refractivity contribution in [3.05, 3.63) is 29.7 Å². The molecule has 0 amide bonds. The van der Waals surface area contributed by atoms with Crippen molar-refractivity contribution in [1.82, 2.24) is 4.98 Å². The Morgan fingerprint density at radius 3 is 2.93 bits per heavy atom. The van der Waals surface area contributed by atoms with E-state index in [9.17, 15) is 4.79 Å². The molecule has 0 saturated carbocycles. The predicted molar refractivity (Wildman–Crippen MR) is 57.9 cm³/mol. The SMILES string of the molecule is CC(C)Cc1nc2cc(C=O)ccc2o1. The van der Waals surface area contributed by atoms with E-state index in [2.05, 4.69) is 18.8 Å². The summed E-state index contributed by atoms with van der Waals surface area (Å²) in [4.78, 5) is 14.9. The Morgan fingerprint density at radius 1 is 1.47 bits per heavy atom. The van der Waals surface area contributed by atoms with Crippen molar-refractivity contribution in [2.75, 3.05) is 0 Å². The molecule has 0 aliphatic carbocycles. The van der Waals surface area contributed by atoms with Crippen LogP contribution in [0.4, 0.5) is 0 Å². The minimum atomic E-state index is 0.517. The van der Waals surface area contributed by atoms with Gasteiger partial charge in [-0.1, -0.05) is 13.8 Å². The number of rotatable bonds is 3. The second kappa shape index (κ2) is 3.85. The minimum absolute atomic E-state index is 0.517. The van der Waals surface area contributed by atoms with Crippen molar-refractivity contribution < 1.29 is 9.21 Å². The highest BCUT2D eigenvalue weighted by molar-refractivity contribution is 5.83. The Hall–Kier alpha value is -1.64. The van der Waals surface area contributed by atoms with Crippen molar-refractivity contribution in [3.8, 4) is 0 Å². The molecule has 78 valence electrons. The maximum absolute atomic E-state index is 10.6. The van der Waals surface area contributed by atoms with Gasteiger partial charge in [-0.2, -0.15) is 0 Å². The van der Waals surface area contributed by atoms with Crippen LogP contribution in [-0.2, 0) is 6.42 Å². The van der Waals surface area contributed by atoms with Gasteiger partial charge in [0, 0.05) is 12.0 Å². The summed E-state index contributed by atoms with van der Waals surface area (Å²) in [6.07, 6.45) is 1.64. The van der Waals surface area contributed by atoms with Gasteiger partial charge in [0.05, 0.1) is 0 Å². The molecule has 0 saturated heterocycles. The Morgan fingerprint density at radius 2 is 2.27 bits per heavy atom. The van der Waals surface area contributed by atoms with Gasteiger partial charge in [-0.15, -0.1) is 0 Å². The zero-order valence-corrected chi connectivity index (χ0v) is 8.86. The summed E-state index contributed by atoms with van der Waals surface area (Å²) < 4.78 is 5.55. The molecule has 0 aliphatic rings. The van der Waals surface area contributed by atoms with Gasteiger partial charge in [0.1, 0.15) is 11.8 Å². The number of nitrogens with zero attached hydrogens (tertiary/aromatic N) is 1. The van der Waals surface area contributed by atoms with Crippen LogP contribution in [0.15, 0.2) is 22.6 Å². The van der Waals surface area contributed by atoms with E-state index in [0.29, 0.717) is 11.5 Å². The second-order valence-electron chi connectivity index (χ2n) is 4.05. The molecule has 0 aliphatic heterocycles. The zero-order chi connectivity index (χ0) is 10.8. The van der Waals surface area contributed by atoms with E-state index in [0.717, 1.165) is 29.7 Å². The van der Waals surface area contributed by atoms with Gasteiger partial charge in [0.2, 0.25) is 0 Å². The molecule has 15 heavy (non-hydrogen) atoms. The number of aromatic nitrogens is 1. The second-order valence-corrected chi connectivity index (χ2v) is 4.05. The number of fused-ring (bicyclic) bond motifs is 1. The molecule has 0 radical (unpaired) electrons. The van der Waals surface area contributed by atoms with E-state index < -0.39 is 0 Å². The fourth-order valence-corrected chi connectivity index (χ4v) is 1.50. The van der Waals surface area contributed by atoms with Crippen LogP contribution >= 0.6 is 0 Å². The lowest BCUT2D eigenvalue weighted by Crippen LogP contribution is -1.93. The minimum Gasteiger partial charge on any atom is -0.441 e. The molecule has 0 N–H and O–H groups in total. The highest BCUT2D eigenvalue weighted by Gasteiger charge is 2.07. The molecule has 3 nitrogen and oxygen atoms in total. The summed E-state index contributed by atoms with van der Waals surface area (Å²) in [5.74, 6) is 1.26. The number of benzene rings is 1. The Balaban J connectivity index is 2.42. The van der Waals surface area contributed by atoms with Crippen molar-refractivity contribution in [2.45, 2.75) is 20.3 Å². The fraction of sp³-hybridized carbons (Fsp3) is 0.333. The van der Waals surface area contributed by atoms with Crippen LogP contribution in [0.5, 0.6) is 0 Å². The topological polar surface area (TPSA) is 43.1 Å². The van der Waals surface area contributed by atoms with Crippen LogP contribution in [0, 0.1) is 5.92 Å². The molecule has 0 spiro atoms. The van der Waals surface area contributed by atoms with Gasteiger partial charge in [0.15, 0.2) is 11.5 Å². The lowest BCUT2D eigenvalue weighted by atomic mass is 10.1. The molecule has 1 aromatic heterocycles. The first-order valence-electron chi connectivity index (χ1n) is 5.03. The zero-order valence-electron chi connectivity index (χ0n) is 8.86. The van der Waals surface area contributed by atoms with E-state index in [1.807, 2.05) is 0 Å². The summed E-state index contributed by atoms with van der Waals surface area (Å²) in [5, 5.41) is 0. The van der Waals surface area contributed by atoms with E-state index in [1.54, 1.807) is 18.2 Å². The fourth-order valence-electron chi connectivity index (χ4n) is 1.50. The monoisotopic (exact) mass is 203 g/mol. The number of aldehydes is 1. The van der Waals surface area contributed by atoms with Gasteiger partial charge in [-0.05, 0) is 24.1 Å². The lowest BCUT2D eigenvalue weighted by molar-refractivity contribution is 0.112. The number of carbonyl (C=O) groups is 1. The molecule has 2 rings (SSSR count). The maximum Gasteiger partial charge on any atom is 0.195 e. The quantitative estimate of drug-likeness (QED) is 0.720. The standard InChI is InChI=1S/C12H13NO2/c1-8(2)5-12-13-10-6-9(7-14)3-4-11(10)15-12/h3-4,6-8H,5H2,1-2H3. The van der Waals surface area contributed by atoms with Crippen LogP contribution in [0.2, 0.25) is 0 Å². The van der Waals surface area contributed by atoms with Gasteiger partial charge in [-0.25, -0.2) is 4.98 Å². The van der Waals surface area contributed by atoms with Crippen molar-refractivity contribution in [1.29, 1.82) is 0 Å². The highest BCUT2D eigenvalue weighted by Crippen LogP contribution is 2.18. The van der Waals surface area contributed by atoms with Crippen molar-refractivity contribution in [2.24, 2.45) is 5.92 Å². The van der Waals surface area contributed by atoms with Gasteiger partial charge < -0.3 is 4.42 Å². The Kier molecular flexibility index (Phi) is 2.54.